The summed E-state index contributed by atoms with van der Waals surface area (Å²) in [5.74, 6) is 0. The third kappa shape index (κ3) is 1.23. The van der Waals surface area contributed by atoms with Crippen molar-refractivity contribution in [2.45, 2.75) is 26.8 Å². The van der Waals surface area contributed by atoms with Gasteiger partial charge in [-0.3, -0.25) is 0 Å². The summed E-state index contributed by atoms with van der Waals surface area (Å²) in [5.41, 5.74) is 4.08. The van der Waals surface area contributed by atoms with Crippen LogP contribution in [-0.2, 0) is 0 Å². The Balaban J connectivity index is 2.55. The molecule has 0 unspecified atom stereocenters. The van der Waals surface area contributed by atoms with Crippen LogP contribution in [0.4, 0.5) is 0 Å². The fourth-order valence-electron chi connectivity index (χ4n) is 2.41. The second-order valence-electron chi connectivity index (χ2n) is 4.62. The molecule has 0 aliphatic carbocycles. The average molecular weight is 229 g/mol. The molecule has 2 aromatic heterocycles. The molecule has 0 amide bonds. The number of hydrogen-bond donors (Lipinski definition) is 0. The molecule has 2 heterocycles. The van der Waals surface area contributed by atoms with E-state index in [1.807, 2.05) is 11.3 Å². The van der Waals surface area contributed by atoms with Crippen molar-refractivity contribution in [1.82, 2.24) is 4.57 Å². The molecule has 82 valence electrons. The number of hydrogen-bond acceptors (Lipinski definition) is 1. The monoisotopic (exact) mass is 229 g/mol. The van der Waals surface area contributed by atoms with Gasteiger partial charge >= 0.3 is 0 Å². The van der Waals surface area contributed by atoms with Crippen molar-refractivity contribution in [3.8, 4) is 0 Å². The fraction of sp³-hybridized carbons (Fsp3) is 0.286. The molecule has 0 bridgehead atoms. The molecule has 0 spiro atoms. The van der Waals surface area contributed by atoms with Crippen molar-refractivity contribution in [3.05, 3.63) is 35.2 Å². The molecular weight excluding hydrogens is 214 g/mol. The van der Waals surface area contributed by atoms with Crippen LogP contribution < -0.4 is 0 Å². The lowest BCUT2D eigenvalue weighted by atomic mass is 10.2. The van der Waals surface area contributed by atoms with Crippen molar-refractivity contribution < 1.29 is 0 Å². The summed E-state index contributed by atoms with van der Waals surface area (Å²) in [6.07, 6.45) is 0. The van der Waals surface area contributed by atoms with Gasteiger partial charge in [-0.25, -0.2) is 0 Å². The predicted octanol–water partition coefficient (Wildman–Crippen LogP) is 4.75. The van der Waals surface area contributed by atoms with Crippen molar-refractivity contribution in [1.29, 1.82) is 0 Å². The maximum atomic E-state index is 2.44. The lowest BCUT2D eigenvalue weighted by Gasteiger charge is -2.10. The molecule has 16 heavy (non-hydrogen) atoms. The Kier molecular flexibility index (Phi) is 2.08. The Morgan fingerprint density at radius 2 is 1.94 bits per heavy atom. The number of fused-ring (bicyclic) bond motifs is 3. The Morgan fingerprint density at radius 3 is 2.69 bits per heavy atom. The summed E-state index contributed by atoms with van der Waals surface area (Å²) in [5, 5.41) is 3.58. The van der Waals surface area contributed by atoms with Gasteiger partial charge in [-0.05, 0) is 43.8 Å². The van der Waals surface area contributed by atoms with E-state index >= 15 is 0 Å². The van der Waals surface area contributed by atoms with Crippen LogP contribution in [-0.4, -0.2) is 4.57 Å². The van der Waals surface area contributed by atoms with Crippen molar-refractivity contribution in [2.24, 2.45) is 0 Å². The summed E-state index contributed by atoms with van der Waals surface area (Å²) < 4.78 is 3.86. The quantitative estimate of drug-likeness (QED) is 0.567. The van der Waals surface area contributed by atoms with E-state index in [1.165, 1.54) is 26.7 Å². The zero-order valence-electron chi connectivity index (χ0n) is 9.82. The van der Waals surface area contributed by atoms with Gasteiger partial charge in [-0.15, -0.1) is 11.3 Å². The van der Waals surface area contributed by atoms with Crippen LogP contribution in [0.5, 0.6) is 0 Å². The van der Waals surface area contributed by atoms with Gasteiger partial charge in [-0.2, -0.15) is 0 Å². The fourth-order valence-corrected chi connectivity index (χ4v) is 3.33. The molecule has 2 heteroatoms. The minimum Gasteiger partial charge on any atom is -0.337 e. The zero-order chi connectivity index (χ0) is 11.3. The molecule has 0 N–H and O–H groups in total. The van der Waals surface area contributed by atoms with Gasteiger partial charge < -0.3 is 4.57 Å². The zero-order valence-corrected chi connectivity index (χ0v) is 10.6. The van der Waals surface area contributed by atoms with Crippen LogP contribution in [0.1, 0.15) is 25.5 Å². The maximum Gasteiger partial charge on any atom is 0.0603 e. The maximum absolute atomic E-state index is 2.44. The van der Waals surface area contributed by atoms with E-state index in [0.29, 0.717) is 6.04 Å². The summed E-state index contributed by atoms with van der Waals surface area (Å²) >= 11 is 1.84. The van der Waals surface area contributed by atoms with E-state index in [1.54, 1.807) is 0 Å². The van der Waals surface area contributed by atoms with E-state index in [9.17, 15) is 0 Å². The Bertz CT molecular complexity index is 658. The number of nitrogens with zero attached hydrogens (tertiary/aromatic N) is 1. The molecule has 0 saturated carbocycles. The van der Waals surface area contributed by atoms with Crippen LogP contribution in [0, 0.1) is 6.92 Å². The molecule has 3 aromatic rings. The van der Waals surface area contributed by atoms with Crippen molar-refractivity contribution in [3.63, 3.8) is 0 Å². The molecular formula is C14H15NS. The van der Waals surface area contributed by atoms with Crippen molar-refractivity contribution in [2.75, 3.05) is 0 Å². The Morgan fingerprint density at radius 1 is 1.12 bits per heavy atom. The number of thiophene rings is 1. The number of benzene rings is 1. The number of rotatable bonds is 1. The molecule has 0 atom stereocenters. The summed E-state index contributed by atoms with van der Waals surface area (Å²) in [6.45, 7) is 6.66. The second-order valence-corrected chi connectivity index (χ2v) is 5.54. The molecule has 0 fully saturated rings. The third-order valence-corrected chi connectivity index (χ3v) is 4.01. The molecule has 0 radical (unpaired) electrons. The summed E-state index contributed by atoms with van der Waals surface area (Å²) in [6, 6.07) is 9.49. The largest absolute Gasteiger partial charge is 0.337 e. The Labute approximate surface area is 99.3 Å². The van der Waals surface area contributed by atoms with Crippen LogP contribution >= 0.6 is 11.3 Å². The standard InChI is InChI=1S/C14H15NS/c1-9(2)15-12-6-7-16-14(12)11-5-4-10(3)8-13(11)15/h4-9H,1-3H3. The number of aromatic nitrogens is 1. The average Bonchev–Trinajstić information content (AvgIpc) is 2.75. The van der Waals surface area contributed by atoms with E-state index in [4.69, 9.17) is 0 Å². The van der Waals surface area contributed by atoms with Gasteiger partial charge in [0.1, 0.15) is 0 Å². The second kappa shape index (κ2) is 3.36. The first kappa shape index (κ1) is 9.91. The lowest BCUT2D eigenvalue weighted by Crippen LogP contribution is -1.99. The third-order valence-electron chi connectivity index (χ3n) is 3.08. The SMILES string of the molecule is Cc1ccc2c3sccc3n(C(C)C)c2c1. The van der Waals surface area contributed by atoms with Crippen LogP contribution in [0.15, 0.2) is 29.6 Å². The highest BCUT2D eigenvalue weighted by Gasteiger charge is 2.13. The van der Waals surface area contributed by atoms with E-state index in [-0.39, 0.29) is 0 Å². The van der Waals surface area contributed by atoms with Crippen LogP contribution in [0.25, 0.3) is 21.1 Å². The highest BCUT2D eigenvalue weighted by atomic mass is 32.1. The van der Waals surface area contributed by atoms with Gasteiger partial charge in [0, 0.05) is 11.4 Å². The topological polar surface area (TPSA) is 4.93 Å². The van der Waals surface area contributed by atoms with Gasteiger partial charge in [0.05, 0.1) is 15.7 Å². The predicted molar refractivity (Wildman–Crippen MR) is 72.4 cm³/mol. The molecule has 1 aromatic carbocycles. The van der Waals surface area contributed by atoms with Gasteiger partial charge in [0.15, 0.2) is 0 Å². The Hall–Kier alpha value is -1.28. The minimum absolute atomic E-state index is 0.511. The van der Waals surface area contributed by atoms with Crippen LogP contribution in [0.3, 0.4) is 0 Å². The van der Waals surface area contributed by atoms with E-state index in [2.05, 4.69) is 55.0 Å². The normalized spacial score (nSPS) is 12.0. The minimum atomic E-state index is 0.511. The molecule has 1 nitrogen and oxygen atoms in total. The lowest BCUT2D eigenvalue weighted by molar-refractivity contribution is 0.642. The first-order chi connectivity index (χ1) is 7.68. The van der Waals surface area contributed by atoms with E-state index in [0.717, 1.165) is 0 Å². The number of aryl methyl sites for hydroxylation is 1. The van der Waals surface area contributed by atoms with Gasteiger partial charge in [0.2, 0.25) is 0 Å². The smallest absolute Gasteiger partial charge is 0.0603 e. The first-order valence-corrected chi connectivity index (χ1v) is 6.54. The molecule has 0 aliphatic rings. The molecule has 0 saturated heterocycles. The van der Waals surface area contributed by atoms with Gasteiger partial charge in [-0.1, -0.05) is 12.1 Å². The first-order valence-electron chi connectivity index (χ1n) is 5.66. The highest BCUT2D eigenvalue weighted by molar-refractivity contribution is 7.18. The molecule has 0 aliphatic heterocycles. The van der Waals surface area contributed by atoms with E-state index < -0.39 is 0 Å². The highest BCUT2D eigenvalue weighted by Crippen LogP contribution is 2.35. The molecule has 3 rings (SSSR count). The van der Waals surface area contributed by atoms with Crippen molar-refractivity contribution >= 4 is 32.5 Å². The summed E-state index contributed by atoms with van der Waals surface area (Å²) in [7, 11) is 0. The van der Waals surface area contributed by atoms with Crippen LogP contribution in [0.2, 0.25) is 0 Å². The summed E-state index contributed by atoms with van der Waals surface area (Å²) in [4.78, 5) is 0. The van der Waals surface area contributed by atoms with Gasteiger partial charge in [0.25, 0.3) is 0 Å².